The monoisotopic (exact) mass is 414 g/mol. The van der Waals surface area contributed by atoms with Crippen LogP contribution >= 0.6 is 22.9 Å². The average molecular weight is 415 g/mol. The van der Waals surface area contributed by atoms with Crippen LogP contribution in [0, 0.1) is 0 Å². The fraction of sp³-hybridized carbons (Fsp3) is 0.238. The Hall–Kier alpha value is -2.57. The van der Waals surface area contributed by atoms with Crippen LogP contribution in [0.3, 0.4) is 0 Å². The number of amides is 1. The molecular formula is C21H19ClN2O3S. The van der Waals surface area contributed by atoms with Crippen LogP contribution in [0.1, 0.15) is 23.5 Å². The molecule has 144 valence electrons. The topological polar surface area (TPSA) is 51.7 Å². The molecule has 0 aliphatic carbocycles. The molecule has 4 rings (SSSR count). The van der Waals surface area contributed by atoms with Crippen molar-refractivity contribution in [2.24, 2.45) is 0 Å². The van der Waals surface area contributed by atoms with Crippen molar-refractivity contribution in [3.8, 4) is 11.5 Å². The lowest BCUT2D eigenvalue weighted by Crippen LogP contribution is -2.27. The molecule has 0 fully saturated rings. The standard InChI is InChI=1S/C21H19ClN2O3S/c1-13(21-23-16-5-3-4-6-18(16)28-21)24(2)19(25)8-7-14-11-15(22)20-17(12-14)26-9-10-27-20/h3-8,11-13H,9-10H2,1-2H3/b8-7+/t13-/m0/s1. The van der Waals surface area contributed by atoms with Crippen molar-refractivity contribution in [3.63, 3.8) is 0 Å². The molecule has 1 aliphatic heterocycles. The van der Waals surface area contributed by atoms with E-state index in [1.165, 1.54) is 6.08 Å². The summed E-state index contributed by atoms with van der Waals surface area (Å²) in [4.78, 5) is 19.0. The van der Waals surface area contributed by atoms with E-state index < -0.39 is 0 Å². The van der Waals surface area contributed by atoms with Crippen LogP contribution in [0.5, 0.6) is 11.5 Å². The van der Waals surface area contributed by atoms with E-state index in [4.69, 9.17) is 21.1 Å². The quantitative estimate of drug-likeness (QED) is 0.566. The molecule has 0 N–H and O–H groups in total. The van der Waals surface area contributed by atoms with Gasteiger partial charge in [0, 0.05) is 13.1 Å². The van der Waals surface area contributed by atoms with Crippen LogP contribution in [0.2, 0.25) is 5.02 Å². The maximum atomic E-state index is 12.6. The minimum Gasteiger partial charge on any atom is -0.486 e. The molecule has 2 heterocycles. The van der Waals surface area contributed by atoms with Gasteiger partial charge in [0.05, 0.1) is 21.3 Å². The minimum absolute atomic E-state index is 0.113. The number of hydrogen-bond acceptors (Lipinski definition) is 5. The molecule has 0 saturated heterocycles. The van der Waals surface area contributed by atoms with E-state index in [0.717, 1.165) is 20.8 Å². The summed E-state index contributed by atoms with van der Waals surface area (Å²) in [6.07, 6.45) is 3.26. The molecule has 0 radical (unpaired) electrons. The Morgan fingerprint density at radius 2 is 2.07 bits per heavy atom. The lowest BCUT2D eigenvalue weighted by atomic mass is 10.1. The van der Waals surface area contributed by atoms with Crippen LogP contribution < -0.4 is 9.47 Å². The second-order valence-corrected chi connectivity index (χ2v) is 7.97. The zero-order chi connectivity index (χ0) is 19.7. The minimum atomic E-state index is -0.126. The lowest BCUT2D eigenvalue weighted by Gasteiger charge is -2.22. The van der Waals surface area contributed by atoms with Gasteiger partial charge in [-0.25, -0.2) is 4.98 Å². The number of benzene rings is 2. The molecule has 2 aromatic carbocycles. The lowest BCUT2D eigenvalue weighted by molar-refractivity contribution is -0.126. The van der Waals surface area contributed by atoms with Crippen molar-refractivity contribution >= 4 is 45.1 Å². The third kappa shape index (κ3) is 3.70. The van der Waals surface area contributed by atoms with Gasteiger partial charge in [0.15, 0.2) is 11.5 Å². The Labute approximate surface area is 172 Å². The second kappa shape index (κ2) is 7.81. The fourth-order valence-electron chi connectivity index (χ4n) is 2.94. The Morgan fingerprint density at radius 3 is 2.89 bits per heavy atom. The van der Waals surface area contributed by atoms with Gasteiger partial charge in [-0.2, -0.15) is 0 Å². The Balaban J connectivity index is 1.50. The highest BCUT2D eigenvalue weighted by atomic mass is 35.5. The number of rotatable bonds is 4. The number of likely N-dealkylation sites (N-methyl/N-ethyl adjacent to an activating group) is 1. The number of carbonyl (C=O) groups is 1. The molecule has 1 aliphatic rings. The smallest absolute Gasteiger partial charge is 0.246 e. The summed E-state index contributed by atoms with van der Waals surface area (Å²) in [5, 5.41) is 1.38. The summed E-state index contributed by atoms with van der Waals surface area (Å²) in [6.45, 7) is 2.94. The second-order valence-electron chi connectivity index (χ2n) is 6.51. The van der Waals surface area contributed by atoms with Gasteiger partial charge in [0.1, 0.15) is 18.2 Å². The molecule has 0 unspecified atom stereocenters. The predicted octanol–water partition coefficient (Wildman–Crippen LogP) is 4.95. The largest absolute Gasteiger partial charge is 0.486 e. The van der Waals surface area contributed by atoms with Gasteiger partial charge in [0.25, 0.3) is 0 Å². The first kappa shape index (κ1) is 18.8. The maximum absolute atomic E-state index is 12.6. The van der Waals surface area contributed by atoms with Gasteiger partial charge in [-0.1, -0.05) is 23.7 Å². The number of para-hydroxylation sites is 1. The zero-order valence-corrected chi connectivity index (χ0v) is 17.1. The predicted molar refractivity (Wildman–Crippen MR) is 112 cm³/mol. The van der Waals surface area contributed by atoms with E-state index in [1.54, 1.807) is 35.4 Å². The number of aromatic nitrogens is 1. The molecule has 0 saturated carbocycles. The molecular weight excluding hydrogens is 396 g/mol. The molecule has 1 aromatic heterocycles. The number of hydrogen-bond donors (Lipinski definition) is 0. The van der Waals surface area contributed by atoms with E-state index >= 15 is 0 Å². The molecule has 0 spiro atoms. The van der Waals surface area contributed by atoms with Crippen molar-refractivity contribution in [2.75, 3.05) is 20.3 Å². The highest BCUT2D eigenvalue weighted by molar-refractivity contribution is 7.18. The van der Waals surface area contributed by atoms with Crippen molar-refractivity contribution in [1.82, 2.24) is 9.88 Å². The van der Waals surface area contributed by atoms with Gasteiger partial charge in [-0.05, 0) is 42.8 Å². The number of carbonyl (C=O) groups excluding carboxylic acids is 1. The van der Waals surface area contributed by atoms with Crippen molar-refractivity contribution in [1.29, 1.82) is 0 Å². The summed E-state index contributed by atoms with van der Waals surface area (Å²) < 4.78 is 12.2. The summed E-state index contributed by atoms with van der Waals surface area (Å²) in [7, 11) is 1.78. The zero-order valence-electron chi connectivity index (χ0n) is 15.5. The van der Waals surface area contributed by atoms with Gasteiger partial charge < -0.3 is 14.4 Å². The maximum Gasteiger partial charge on any atom is 0.246 e. The molecule has 3 aromatic rings. The summed E-state index contributed by atoms with van der Waals surface area (Å²) >= 11 is 7.86. The van der Waals surface area contributed by atoms with Crippen LogP contribution in [0.15, 0.2) is 42.5 Å². The normalized spacial score (nSPS) is 14.4. The Morgan fingerprint density at radius 1 is 1.29 bits per heavy atom. The number of nitrogens with zero attached hydrogens (tertiary/aromatic N) is 2. The molecule has 7 heteroatoms. The van der Waals surface area contributed by atoms with E-state index in [1.807, 2.05) is 37.3 Å². The van der Waals surface area contributed by atoms with Gasteiger partial charge in [-0.3, -0.25) is 4.79 Å². The van der Waals surface area contributed by atoms with E-state index in [0.29, 0.717) is 29.7 Å². The number of fused-ring (bicyclic) bond motifs is 2. The van der Waals surface area contributed by atoms with Gasteiger partial charge in [-0.15, -0.1) is 11.3 Å². The number of thiazole rings is 1. The third-order valence-electron chi connectivity index (χ3n) is 4.63. The van der Waals surface area contributed by atoms with Crippen LogP contribution in [-0.2, 0) is 4.79 Å². The molecule has 1 atom stereocenters. The first-order valence-corrected chi connectivity index (χ1v) is 10.1. The van der Waals surface area contributed by atoms with Gasteiger partial charge >= 0.3 is 0 Å². The van der Waals surface area contributed by atoms with E-state index in [2.05, 4.69) is 4.98 Å². The van der Waals surface area contributed by atoms with Crippen molar-refractivity contribution < 1.29 is 14.3 Å². The third-order valence-corrected chi connectivity index (χ3v) is 6.12. The molecule has 5 nitrogen and oxygen atoms in total. The fourth-order valence-corrected chi connectivity index (χ4v) is 4.27. The first-order valence-electron chi connectivity index (χ1n) is 8.92. The summed E-state index contributed by atoms with van der Waals surface area (Å²) in [5.41, 5.74) is 1.74. The highest BCUT2D eigenvalue weighted by Gasteiger charge is 2.20. The van der Waals surface area contributed by atoms with Crippen molar-refractivity contribution in [2.45, 2.75) is 13.0 Å². The van der Waals surface area contributed by atoms with E-state index in [9.17, 15) is 4.79 Å². The summed E-state index contributed by atoms with van der Waals surface area (Å²) in [5.74, 6) is 1.04. The Kier molecular flexibility index (Phi) is 5.24. The SMILES string of the molecule is C[C@@H](c1nc2ccccc2s1)N(C)C(=O)/C=C/c1cc(Cl)c2c(c1)OCCO2. The number of ether oxygens (including phenoxy) is 2. The van der Waals surface area contributed by atoms with Gasteiger partial charge in [0.2, 0.25) is 5.91 Å². The first-order chi connectivity index (χ1) is 13.5. The highest BCUT2D eigenvalue weighted by Crippen LogP contribution is 2.38. The van der Waals surface area contributed by atoms with E-state index in [-0.39, 0.29) is 11.9 Å². The van der Waals surface area contributed by atoms with Crippen LogP contribution in [0.25, 0.3) is 16.3 Å². The molecule has 0 bridgehead atoms. The van der Waals surface area contributed by atoms with Crippen LogP contribution in [0.4, 0.5) is 0 Å². The number of halogens is 1. The summed E-state index contributed by atoms with van der Waals surface area (Å²) in [6, 6.07) is 11.4. The molecule has 28 heavy (non-hydrogen) atoms. The Bertz CT molecular complexity index is 1030. The molecule has 1 amide bonds. The average Bonchev–Trinajstić information content (AvgIpc) is 3.15. The van der Waals surface area contributed by atoms with Crippen molar-refractivity contribution in [3.05, 3.63) is 58.1 Å². The van der Waals surface area contributed by atoms with Crippen LogP contribution in [-0.4, -0.2) is 36.1 Å².